The zero-order valence-electron chi connectivity index (χ0n) is 15.8. The summed E-state index contributed by atoms with van der Waals surface area (Å²) in [6.45, 7) is 0.953. The molecule has 28 heavy (non-hydrogen) atoms. The van der Waals surface area contributed by atoms with Crippen LogP contribution in [0.25, 0.3) is 10.9 Å². The molecule has 0 radical (unpaired) electrons. The van der Waals surface area contributed by atoms with Gasteiger partial charge in [-0.2, -0.15) is 0 Å². The highest BCUT2D eigenvalue weighted by atomic mass is 16.5. The van der Waals surface area contributed by atoms with Crippen molar-refractivity contribution in [3.8, 4) is 5.75 Å². The zero-order chi connectivity index (χ0) is 19.5. The van der Waals surface area contributed by atoms with Gasteiger partial charge in [0.15, 0.2) is 0 Å². The lowest BCUT2D eigenvalue weighted by molar-refractivity contribution is -0.133. The Morgan fingerprint density at radius 2 is 2.00 bits per heavy atom. The van der Waals surface area contributed by atoms with Crippen LogP contribution in [0.1, 0.15) is 23.6 Å². The third-order valence-corrected chi connectivity index (χ3v) is 5.25. The van der Waals surface area contributed by atoms with Crippen molar-refractivity contribution < 1.29 is 14.3 Å². The number of hydrogen-bond acceptors (Lipinski definition) is 3. The third kappa shape index (κ3) is 3.45. The van der Waals surface area contributed by atoms with E-state index in [1.54, 1.807) is 7.11 Å². The number of methoxy groups -OCH3 is 1. The molecule has 2 amide bonds. The number of carbonyl (C=O) groups is 2. The zero-order valence-corrected chi connectivity index (χ0v) is 15.8. The maximum Gasteiger partial charge on any atom is 0.227 e. The van der Waals surface area contributed by atoms with Crippen molar-refractivity contribution in [2.75, 3.05) is 20.2 Å². The lowest BCUT2D eigenvalue weighted by Crippen LogP contribution is -2.37. The minimum atomic E-state index is -0.261. The van der Waals surface area contributed by atoms with Crippen LogP contribution in [0.4, 0.5) is 0 Å². The molecule has 2 aromatic carbocycles. The molecule has 2 N–H and O–H groups in total. The molecule has 1 aliphatic heterocycles. The monoisotopic (exact) mass is 377 g/mol. The minimum Gasteiger partial charge on any atom is -0.496 e. The fraction of sp³-hybridized carbons (Fsp3) is 0.273. The Balaban J connectivity index is 1.65. The molecule has 1 atom stereocenters. The number of aromatic nitrogens is 1. The van der Waals surface area contributed by atoms with Gasteiger partial charge in [-0.25, -0.2) is 0 Å². The quantitative estimate of drug-likeness (QED) is 0.734. The highest BCUT2D eigenvalue weighted by Crippen LogP contribution is 2.31. The van der Waals surface area contributed by atoms with Crippen molar-refractivity contribution in [2.24, 2.45) is 0 Å². The summed E-state index contributed by atoms with van der Waals surface area (Å²) in [5.41, 5.74) is 2.81. The molecular weight excluding hydrogens is 354 g/mol. The van der Waals surface area contributed by atoms with Gasteiger partial charge in [-0.3, -0.25) is 9.59 Å². The van der Waals surface area contributed by atoms with Gasteiger partial charge in [0.05, 0.1) is 26.0 Å². The average molecular weight is 377 g/mol. The number of ether oxygens (including phenoxy) is 1. The number of nitrogens with zero attached hydrogens (tertiary/aromatic N) is 1. The molecule has 0 spiro atoms. The van der Waals surface area contributed by atoms with Crippen LogP contribution in [0, 0.1) is 0 Å². The molecule has 1 aliphatic rings. The predicted molar refractivity (Wildman–Crippen MR) is 107 cm³/mol. The molecule has 0 aliphatic carbocycles. The second-order valence-electron chi connectivity index (χ2n) is 6.94. The van der Waals surface area contributed by atoms with E-state index in [1.807, 2.05) is 59.6 Å². The standard InChI is InChI=1S/C22H23N3O3/c1-28-19-9-5-8-17-22(19)16(14-24-17)12-21(27)25-11-10-23-20(26)13-18(25)15-6-3-2-4-7-15/h2-9,14,18,24H,10-13H2,1H3,(H,23,26). The van der Waals surface area contributed by atoms with E-state index >= 15 is 0 Å². The number of benzene rings is 2. The molecule has 1 aromatic heterocycles. The number of aromatic amines is 1. The van der Waals surface area contributed by atoms with Crippen molar-refractivity contribution in [1.29, 1.82) is 0 Å². The molecule has 144 valence electrons. The molecule has 0 saturated carbocycles. The lowest BCUT2D eigenvalue weighted by Gasteiger charge is -2.29. The highest BCUT2D eigenvalue weighted by molar-refractivity contribution is 5.93. The van der Waals surface area contributed by atoms with Crippen molar-refractivity contribution in [2.45, 2.75) is 18.9 Å². The van der Waals surface area contributed by atoms with Crippen molar-refractivity contribution >= 4 is 22.7 Å². The Kier molecular flexibility index (Phi) is 5.02. The number of H-pyrrole nitrogens is 1. The van der Waals surface area contributed by atoms with Gasteiger partial charge >= 0.3 is 0 Å². The summed E-state index contributed by atoms with van der Waals surface area (Å²) in [4.78, 5) is 30.5. The molecule has 3 aromatic rings. The summed E-state index contributed by atoms with van der Waals surface area (Å²) in [5, 5.41) is 3.81. The Bertz CT molecular complexity index is 997. The summed E-state index contributed by atoms with van der Waals surface area (Å²) < 4.78 is 5.48. The van der Waals surface area contributed by atoms with Crippen LogP contribution in [-0.4, -0.2) is 41.9 Å². The molecule has 6 heteroatoms. The first-order valence-electron chi connectivity index (χ1n) is 9.41. The van der Waals surface area contributed by atoms with Gasteiger partial charge in [-0.15, -0.1) is 0 Å². The fourth-order valence-corrected chi connectivity index (χ4v) is 3.89. The summed E-state index contributed by atoms with van der Waals surface area (Å²) in [6, 6.07) is 15.3. The first-order valence-corrected chi connectivity index (χ1v) is 9.41. The van der Waals surface area contributed by atoms with Crippen LogP contribution in [0.5, 0.6) is 5.75 Å². The van der Waals surface area contributed by atoms with Gasteiger partial charge in [0.25, 0.3) is 0 Å². The van der Waals surface area contributed by atoms with E-state index in [1.165, 1.54) is 0 Å². The Morgan fingerprint density at radius 1 is 1.18 bits per heavy atom. The summed E-state index contributed by atoms with van der Waals surface area (Å²) in [7, 11) is 1.63. The van der Waals surface area contributed by atoms with E-state index in [4.69, 9.17) is 4.74 Å². The third-order valence-electron chi connectivity index (χ3n) is 5.25. The molecule has 2 heterocycles. The van der Waals surface area contributed by atoms with E-state index in [2.05, 4.69) is 10.3 Å². The highest BCUT2D eigenvalue weighted by Gasteiger charge is 2.30. The average Bonchev–Trinajstić information content (AvgIpc) is 3.02. The first-order chi connectivity index (χ1) is 13.7. The molecular formula is C22H23N3O3. The normalized spacial score (nSPS) is 17.2. The number of carbonyl (C=O) groups excluding carboxylic acids is 2. The van der Waals surface area contributed by atoms with E-state index in [-0.39, 0.29) is 30.7 Å². The molecule has 4 rings (SSSR count). The van der Waals surface area contributed by atoms with Gasteiger partial charge in [0, 0.05) is 30.2 Å². The smallest absolute Gasteiger partial charge is 0.227 e. The van der Waals surface area contributed by atoms with E-state index < -0.39 is 0 Å². The van der Waals surface area contributed by atoms with Gasteiger partial charge in [0.2, 0.25) is 11.8 Å². The van der Waals surface area contributed by atoms with Crippen LogP contribution in [0.2, 0.25) is 0 Å². The summed E-state index contributed by atoms with van der Waals surface area (Å²) in [5.74, 6) is 0.712. The van der Waals surface area contributed by atoms with Crippen LogP contribution >= 0.6 is 0 Å². The predicted octanol–water partition coefficient (Wildman–Crippen LogP) is 2.81. The molecule has 6 nitrogen and oxygen atoms in total. The van der Waals surface area contributed by atoms with Crippen LogP contribution in [0.15, 0.2) is 54.7 Å². The van der Waals surface area contributed by atoms with Gasteiger partial charge in [-0.1, -0.05) is 36.4 Å². The minimum absolute atomic E-state index is 0.00263. The number of rotatable bonds is 4. The summed E-state index contributed by atoms with van der Waals surface area (Å²) in [6.07, 6.45) is 2.38. The van der Waals surface area contributed by atoms with Crippen LogP contribution in [0.3, 0.4) is 0 Å². The molecule has 0 bridgehead atoms. The Labute approximate surface area is 163 Å². The van der Waals surface area contributed by atoms with Crippen molar-refractivity contribution in [3.63, 3.8) is 0 Å². The van der Waals surface area contributed by atoms with Crippen LogP contribution in [-0.2, 0) is 16.0 Å². The second kappa shape index (κ2) is 7.76. The molecule has 1 fully saturated rings. The maximum absolute atomic E-state index is 13.3. The molecule has 1 unspecified atom stereocenters. The van der Waals surface area contributed by atoms with Gasteiger partial charge < -0.3 is 19.9 Å². The van der Waals surface area contributed by atoms with Crippen molar-refractivity contribution in [1.82, 2.24) is 15.2 Å². The largest absolute Gasteiger partial charge is 0.496 e. The topological polar surface area (TPSA) is 74.4 Å². The Morgan fingerprint density at radius 3 is 2.79 bits per heavy atom. The lowest BCUT2D eigenvalue weighted by atomic mass is 10.0. The van der Waals surface area contributed by atoms with E-state index in [0.717, 1.165) is 27.8 Å². The number of hydrogen-bond donors (Lipinski definition) is 2. The molecule has 1 saturated heterocycles. The maximum atomic E-state index is 13.3. The number of fused-ring (bicyclic) bond motifs is 1. The van der Waals surface area contributed by atoms with E-state index in [9.17, 15) is 9.59 Å². The number of amides is 2. The van der Waals surface area contributed by atoms with Crippen molar-refractivity contribution in [3.05, 3.63) is 65.9 Å². The summed E-state index contributed by atoms with van der Waals surface area (Å²) >= 11 is 0. The van der Waals surface area contributed by atoms with E-state index in [0.29, 0.717) is 13.1 Å². The SMILES string of the molecule is COc1cccc2[nH]cc(CC(=O)N3CCNC(=O)CC3c3ccccc3)c12. The second-order valence-corrected chi connectivity index (χ2v) is 6.94. The van der Waals surface area contributed by atoms with Gasteiger partial charge in [0.1, 0.15) is 5.75 Å². The van der Waals surface area contributed by atoms with Gasteiger partial charge in [-0.05, 0) is 23.3 Å². The van der Waals surface area contributed by atoms with Crippen LogP contribution < -0.4 is 10.1 Å². The number of nitrogens with one attached hydrogen (secondary N) is 2. The first kappa shape index (κ1) is 18.1. The Hall–Kier alpha value is -3.28. The fourth-order valence-electron chi connectivity index (χ4n) is 3.89.